The average Bonchev–Trinajstić information content (AvgIpc) is 2.44. The molecule has 0 saturated heterocycles. The van der Waals surface area contributed by atoms with Crippen molar-refractivity contribution in [1.82, 2.24) is 9.97 Å². The molecule has 6 nitrogen and oxygen atoms in total. The summed E-state index contributed by atoms with van der Waals surface area (Å²) in [6, 6.07) is 8.78. The molecule has 1 aromatic heterocycles. The number of nitriles is 1. The van der Waals surface area contributed by atoms with Crippen molar-refractivity contribution < 1.29 is 9.90 Å². The van der Waals surface area contributed by atoms with E-state index in [-0.39, 0.29) is 16.8 Å². The zero-order chi connectivity index (χ0) is 16.1. The number of nitrogens with zero attached hydrogens (tertiary/aromatic N) is 1. The van der Waals surface area contributed by atoms with Gasteiger partial charge < -0.3 is 10.1 Å². The molecule has 0 saturated carbocycles. The lowest BCUT2D eigenvalue weighted by molar-refractivity contribution is -0.136. The van der Waals surface area contributed by atoms with Gasteiger partial charge in [0.05, 0.1) is 12.1 Å². The number of rotatable bonds is 4. The predicted molar refractivity (Wildman–Crippen MR) is 83.7 cm³/mol. The van der Waals surface area contributed by atoms with Crippen molar-refractivity contribution in [3.8, 4) is 6.07 Å². The van der Waals surface area contributed by atoms with Crippen LogP contribution >= 0.6 is 12.2 Å². The summed E-state index contributed by atoms with van der Waals surface area (Å²) in [7, 11) is 0. The molecule has 3 N–H and O–H groups in total. The summed E-state index contributed by atoms with van der Waals surface area (Å²) in [4.78, 5) is 27.4. The van der Waals surface area contributed by atoms with Crippen LogP contribution in [-0.2, 0) is 11.2 Å². The lowest BCUT2D eigenvalue weighted by atomic mass is 10.1. The molecule has 0 spiro atoms. The first-order chi connectivity index (χ1) is 10.5. The number of carboxylic acid groups (broad SMARTS) is 1. The molecule has 0 fully saturated rings. The fraction of sp³-hybridized carbons (Fsp3) is 0.0667. The normalized spacial score (nSPS) is 10.5. The van der Waals surface area contributed by atoms with E-state index >= 15 is 0 Å². The molecule has 2 aromatic rings. The van der Waals surface area contributed by atoms with Crippen molar-refractivity contribution in [3.63, 3.8) is 0 Å². The van der Waals surface area contributed by atoms with E-state index in [1.807, 2.05) is 6.07 Å². The van der Waals surface area contributed by atoms with Gasteiger partial charge in [-0.05, 0) is 29.4 Å². The number of aliphatic carboxylic acids is 1. The zero-order valence-corrected chi connectivity index (χ0v) is 12.1. The van der Waals surface area contributed by atoms with Crippen LogP contribution in [-0.4, -0.2) is 21.0 Å². The van der Waals surface area contributed by atoms with Crippen LogP contribution in [0.1, 0.15) is 22.4 Å². The molecular weight excluding hydrogens is 302 g/mol. The number of nitrogens with one attached hydrogen (secondary N) is 2. The molecule has 0 unspecified atom stereocenters. The Balaban J connectivity index is 2.37. The minimum Gasteiger partial charge on any atom is -0.481 e. The number of hydrogen-bond acceptors (Lipinski definition) is 4. The summed E-state index contributed by atoms with van der Waals surface area (Å²) >= 11 is 4.87. The van der Waals surface area contributed by atoms with Crippen molar-refractivity contribution in [2.45, 2.75) is 6.42 Å². The van der Waals surface area contributed by atoms with Crippen LogP contribution in [0.4, 0.5) is 0 Å². The maximum absolute atomic E-state index is 11.6. The molecule has 0 aliphatic carbocycles. The average molecular weight is 313 g/mol. The number of benzene rings is 1. The molecule has 0 bridgehead atoms. The number of H-pyrrole nitrogens is 2. The molecule has 1 aromatic carbocycles. The molecule has 0 aliphatic rings. The van der Waals surface area contributed by atoms with Gasteiger partial charge in [0.2, 0.25) is 0 Å². The van der Waals surface area contributed by atoms with Crippen LogP contribution in [0.5, 0.6) is 0 Å². The topological polar surface area (TPSA) is 110 Å². The summed E-state index contributed by atoms with van der Waals surface area (Å²) in [5, 5.41) is 17.8. The van der Waals surface area contributed by atoms with Crippen molar-refractivity contribution in [1.29, 1.82) is 5.26 Å². The first-order valence-electron chi connectivity index (χ1n) is 6.25. The van der Waals surface area contributed by atoms with Gasteiger partial charge >= 0.3 is 5.97 Å². The largest absolute Gasteiger partial charge is 0.481 e. The Morgan fingerprint density at radius 2 is 2.14 bits per heavy atom. The highest BCUT2D eigenvalue weighted by atomic mass is 32.1. The summed E-state index contributed by atoms with van der Waals surface area (Å²) in [6.07, 6.45) is 3.16. The number of aromatic amines is 2. The number of carbonyl (C=O) groups is 1. The SMILES string of the molecule is N#Cc1c(/C=C/c2cccc(CC(=O)O)c2)[nH]c(=S)[nH]c1=O. The highest BCUT2D eigenvalue weighted by Gasteiger charge is 2.05. The molecule has 0 amide bonds. The fourth-order valence-electron chi connectivity index (χ4n) is 1.90. The van der Waals surface area contributed by atoms with Crippen LogP contribution in [0.15, 0.2) is 29.1 Å². The summed E-state index contributed by atoms with van der Waals surface area (Å²) in [6.45, 7) is 0. The molecule has 1 heterocycles. The van der Waals surface area contributed by atoms with Gasteiger partial charge in [0.25, 0.3) is 5.56 Å². The second-order valence-electron chi connectivity index (χ2n) is 4.46. The maximum atomic E-state index is 11.6. The second kappa shape index (κ2) is 6.65. The number of hydrogen-bond donors (Lipinski definition) is 3. The first kappa shape index (κ1) is 15.4. The molecule has 7 heteroatoms. The first-order valence-corrected chi connectivity index (χ1v) is 6.66. The van der Waals surface area contributed by atoms with Crippen LogP contribution in [0.25, 0.3) is 12.2 Å². The van der Waals surface area contributed by atoms with Crippen molar-refractivity contribution in [2.24, 2.45) is 0 Å². The molecular formula is C15H11N3O3S. The molecule has 0 atom stereocenters. The molecule has 2 rings (SSSR count). The van der Waals surface area contributed by atoms with E-state index in [9.17, 15) is 9.59 Å². The van der Waals surface area contributed by atoms with E-state index in [0.29, 0.717) is 11.3 Å². The van der Waals surface area contributed by atoms with Gasteiger partial charge in [0.1, 0.15) is 11.6 Å². The second-order valence-corrected chi connectivity index (χ2v) is 4.87. The Bertz CT molecular complexity index is 903. The van der Waals surface area contributed by atoms with Gasteiger partial charge in [0, 0.05) is 0 Å². The van der Waals surface area contributed by atoms with Crippen molar-refractivity contribution >= 4 is 30.3 Å². The molecule has 0 aliphatic heterocycles. The van der Waals surface area contributed by atoms with Crippen LogP contribution < -0.4 is 5.56 Å². The molecule has 0 radical (unpaired) electrons. The van der Waals surface area contributed by atoms with E-state index in [4.69, 9.17) is 22.6 Å². The monoisotopic (exact) mass is 313 g/mol. The van der Waals surface area contributed by atoms with Gasteiger partial charge in [-0.15, -0.1) is 0 Å². The van der Waals surface area contributed by atoms with Crippen LogP contribution in [0.2, 0.25) is 0 Å². The fourth-order valence-corrected chi connectivity index (χ4v) is 2.10. The van der Waals surface area contributed by atoms with Gasteiger partial charge in [0.15, 0.2) is 4.77 Å². The Hall–Kier alpha value is -2.98. The molecule has 22 heavy (non-hydrogen) atoms. The number of carboxylic acids is 1. The van der Waals surface area contributed by atoms with Gasteiger partial charge in [-0.2, -0.15) is 5.26 Å². The lowest BCUT2D eigenvalue weighted by Gasteiger charge is -2.00. The zero-order valence-electron chi connectivity index (χ0n) is 11.3. The Labute approximate surface area is 130 Å². The van der Waals surface area contributed by atoms with E-state index in [1.165, 1.54) is 0 Å². The highest BCUT2D eigenvalue weighted by molar-refractivity contribution is 7.71. The standard InChI is InChI=1S/C15H11N3O3S/c16-8-11-12(17-15(22)18-14(11)21)5-4-9-2-1-3-10(6-9)7-13(19)20/h1-6H,7H2,(H,19,20)(H2,17,18,21,22)/b5-4+. The van der Waals surface area contributed by atoms with Crippen LogP contribution in [0, 0.1) is 16.1 Å². The van der Waals surface area contributed by atoms with E-state index in [0.717, 1.165) is 5.56 Å². The Kier molecular flexibility index (Phi) is 4.66. The third kappa shape index (κ3) is 3.77. The quantitative estimate of drug-likeness (QED) is 0.749. The number of aromatic nitrogens is 2. The van der Waals surface area contributed by atoms with Crippen molar-refractivity contribution in [3.05, 3.63) is 61.8 Å². The summed E-state index contributed by atoms with van der Waals surface area (Å²) in [5.41, 5.74) is 1.10. The van der Waals surface area contributed by atoms with E-state index in [2.05, 4.69) is 9.97 Å². The third-order valence-corrected chi connectivity index (χ3v) is 3.04. The van der Waals surface area contributed by atoms with Gasteiger partial charge in [-0.25, -0.2) is 0 Å². The van der Waals surface area contributed by atoms with Gasteiger partial charge in [-0.3, -0.25) is 14.6 Å². The smallest absolute Gasteiger partial charge is 0.307 e. The minimum atomic E-state index is -0.911. The Morgan fingerprint density at radius 3 is 2.82 bits per heavy atom. The lowest BCUT2D eigenvalue weighted by Crippen LogP contribution is -2.13. The predicted octanol–water partition coefficient (Wildman–Crippen LogP) is 2.10. The minimum absolute atomic E-state index is 0.0634. The van der Waals surface area contributed by atoms with E-state index in [1.54, 1.807) is 36.4 Å². The molecule has 110 valence electrons. The maximum Gasteiger partial charge on any atom is 0.307 e. The summed E-state index contributed by atoms with van der Waals surface area (Å²) < 4.78 is 0.128. The third-order valence-electron chi connectivity index (χ3n) is 2.83. The van der Waals surface area contributed by atoms with Crippen molar-refractivity contribution in [2.75, 3.05) is 0 Å². The summed E-state index contributed by atoms with van der Waals surface area (Å²) in [5.74, 6) is -0.911. The van der Waals surface area contributed by atoms with Crippen LogP contribution in [0.3, 0.4) is 0 Å². The van der Waals surface area contributed by atoms with E-state index < -0.39 is 11.5 Å². The Morgan fingerprint density at radius 1 is 1.36 bits per heavy atom. The highest BCUT2D eigenvalue weighted by Crippen LogP contribution is 2.11. The van der Waals surface area contributed by atoms with Gasteiger partial charge in [-0.1, -0.05) is 30.3 Å².